The van der Waals surface area contributed by atoms with Crippen LogP contribution in [0.25, 0.3) is 16.8 Å². The molecule has 1 aliphatic rings. The van der Waals surface area contributed by atoms with E-state index in [1.165, 1.54) is 27.5 Å². The molecule has 1 unspecified atom stereocenters. The number of fused-ring (bicyclic) bond motifs is 2. The van der Waals surface area contributed by atoms with Gasteiger partial charge in [-0.05, 0) is 11.1 Å². The monoisotopic (exact) mass is 391 g/mol. The maximum atomic E-state index is 7.00. The van der Waals surface area contributed by atoms with Crippen molar-refractivity contribution in [2.45, 2.75) is 5.92 Å². The molecule has 0 amide bonds. The molecule has 0 spiro atoms. The van der Waals surface area contributed by atoms with Crippen LogP contribution >= 0.6 is 0 Å². The molecule has 4 heteroatoms. The average molecular weight is 392 g/mol. The normalized spacial score (nSPS) is 13.5. The Morgan fingerprint density at radius 2 is 1.50 bits per heavy atom. The zero-order valence-electron chi connectivity index (χ0n) is 13.2. The second kappa shape index (κ2) is 10.7. The molecule has 3 aromatic carbocycles. The van der Waals surface area contributed by atoms with Gasteiger partial charge in [-0.3, -0.25) is 0 Å². The van der Waals surface area contributed by atoms with Crippen molar-refractivity contribution in [2.75, 3.05) is 7.11 Å². The molecular formula is C20H17Cl2OTi. The third-order valence-corrected chi connectivity index (χ3v) is 3.82. The van der Waals surface area contributed by atoms with Crippen LogP contribution in [0.3, 0.4) is 0 Å². The molecule has 24 heavy (non-hydrogen) atoms. The van der Waals surface area contributed by atoms with E-state index in [4.69, 9.17) is 5.11 Å². The number of halogens is 2. The van der Waals surface area contributed by atoms with Gasteiger partial charge in [0, 0.05) is 13.0 Å². The second-order valence-electron chi connectivity index (χ2n) is 4.97. The minimum atomic E-state index is 0. The molecule has 1 nitrogen and oxygen atoms in total. The molecule has 121 valence electrons. The van der Waals surface area contributed by atoms with Gasteiger partial charge in [0.1, 0.15) is 0 Å². The largest absolute Gasteiger partial charge is 3.00 e. The summed E-state index contributed by atoms with van der Waals surface area (Å²) in [7, 11) is 1.00. The van der Waals surface area contributed by atoms with Crippen LogP contribution in [0.5, 0.6) is 0 Å². The van der Waals surface area contributed by atoms with Crippen LogP contribution in [0.2, 0.25) is 0 Å². The van der Waals surface area contributed by atoms with Gasteiger partial charge in [-0.2, -0.15) is 0 Å². The predicted octanol–water partition coefficient (Wildman–Crippen LogP) is -1.59. The third kappa shape index (κ3) is 4.50. The number of aliphatic hydroxyl groups excluding tert-OH is 1. The van der Waals surface area contributed by atoms with E-state index in [0.717, 1.165) is 7.11 Å². The van der Waals surface area contributed by atoms with E-state index in [1.807, 2.05) is 0 Å². The van der Waals surface area contributed by atoms with Gasteiger partial charge < -0.3 is 29.9 Å². The first kappa shape index (κ1) is 22.9. The fraction of sp³-hybridized carbons (Fsp3) is 0.100. The molecule has 0 heterocycles. The summed E-state index contributed by atoms with van der Waals surface area (Å²) in [5.74, 6) is 0.348. The van der Waals surface area contributed by atoms with Gasteiger partial charge >= 0.3 is 21.7 Å². The van der Waals surface area contributed by atoms with Crippen molar-refractivity contribution in [1.82, 2.24) is 0 Å². The molecule has 0 fully saturated rings. The molecule has 1 radical (unpaired) electrons. The Balaban J connectivity index is 0.00000102. The molecule has 4 rings (SSSR count). The Morgan fingerprint density at radius 1 is 0.833 bits per heavy atom. The number of benzene rings is 3. The fourth-order valence-electron chi connectivity index (χ4n) is 2.83. The molecule has 3 aromatic rings. The van der Waals surface area contributed by atoms with Crippen molar-refractivity contribution < 1.29 is 51.6 Å². The Bertz CT molecular complexity index is 802. The van der Waals surface area contributed by atoms with E-state index in [2.05, 4.69) is 78.9 Å². The van der Waals surface area contributed by atoms with Crippen molar-refractivity contribution >= 4 is 16.8 Å². The van der Waals surface area contributed by atoms with Gasteiger partial charge in [0.15, 0.2) is 0 Å². The van der Waals surface area contributed by atoms with Crippen LogP contribution in [0.1, 0.15) is 22.6 Å². The Kier molecular flexibility index (Phi) is 10.2. The SMILES string of the molecule is CO.[Cl-].[Cl-].[Ti+3].[c-]1c(C2C=Cc3ccccc32)ccc2ccccc12. The molecule has 1 N–H and O–H groups in total. The summed E-state index contributed by atoms with van der Waals surface area (Å²) in [4.78, 5) is 0. The van der Waals surface area contributed by atoms with Crippen LogP contribution in [-0.4, -0.2) is 12.2 Å². The van der Waals surface area contributed by atoms with Gasteiger partial charge in [-0.25, -0.2) is 0 Å². The van der Waals surface area contributed by atoms with E-state index >= 15 is 0 Å². The Labute approximate surface area is 170 Å². The number of rotatable bonds is 1. The first-order chi connectivity index (χ1) is 10.4. The zero-order chi connectivity index (χ0) is 14.7. The van der Waals surface area contributed by atoms with Gasteiger partial charge in [0.2, 0.25) is 0 Å². The standard InChI is InChI=1S/C19H13.CH4O.2ClH.Ti/c1-2-7-16-13-17(10-9-14(16)5-1)19-12-11-15-6-3-4-8-18(15)19;1-2;;;/h1-12,19H;2H,1H3;2*1H;/q-1;;;;+3/p-2. The smallest absolute Gasteiger partial charge is 1.00 e. The van der Waals surface area contributed by atoms with Crippen molar-refractivity contribution in [3.63, 3.8) is 0 Å². The minimum absolute atomic E-state index is 0. The van der Waals surface area contributed by atoms with Gasteiger partial charge in [-0.1, -0.05) is 48.6 Å². The van der Waals surface area contributed by atoms with Crippen LogP contribution in [0.15, 0.2) is 66.7 Å². The number of allylic oxidation sites excluding steroid dienone is 1. The summed E-state index contributed by atoms with van der Waals surface area (Å²) in [5.41, 5.74) is 3.96. The zero-order valence-corrected chi connectivity index (χ0v) is 16.3. The summed E-state index contributed by atoms with van der Waals surface area (Å²) in [6, 6.07) is 24.9. The topological polar surface area (TPSA) is 20.2 Å². The second-order valence-corrected chi connectivity index (χ2v) is 4.97. The molecule has 0 saturated heterocycles. The van der Waals surface area contributed by atoms with Crippen molar-refractivity contribution in [2.24, 2.45) is 0 Å². The molecule has 1 atom stereocenters. The maximum absolute atomic E-state index is 7.00. The first-order valence-corrected chi connectivity index (χ1v) is 7.05. The molecule has 1 aliphatic carbocycles. The van der Waals surface area contributed by atoms with E-state index in [1.54, 1.807) is 0 Å². The van der Waals surface area contributed by atoms with E-state index in [9.17, 15) is 0 Å². The number of hydrogen-bond acceptors (Lipinski definition) is 1. The summed E-state index contributed by atoms with van der Waals surface area (Å²) in [6.07, 6.45) is 4.48. The maximum Gasteiger partial charge on any atom is 3.00 e. The van der Waals surface area contributed by atoms with Crippen molar-refractivity contribution in [3.05, 3.63) is 89.5 Å². The van der Waals surface area contributed by atoms with Gasteiger partial charge in [0.05, 0.1) is 0 Å². The van der Waals surface area contributed by atoms with E-state index < -0.39 is 0 Å². The van der Waals surface area contributed by atoms with Crippen molar-refractivity contribution in [3.8, 4) is 0 Å². The Hall–Kier alpha value is -1.09. The van der Waals surface area contributed by atoms with Gasteiger partial charge in [-0.15, -0.1) is 46.7 Å². The quantitative estimate of drug-likeness (QED) is 0.392. The molecule has 0 aromatic heterocycles. The summed E-state index contributed by atoms with van der Waals surface area (Å²) in [6.45, 7) is 0. The van der Waals surface area contributed by atoms with Crippen LogP contribution in [-0.2, 0) is 21.7 Å². The molecule has 0 aliphatic heterocycles. The molecule has 0 saturated carbocycles. The van der Waals surface area contributed by atoms with Crippen LogP contribution in [0.4, 0.5) is 0 Å². The minimum Gasteiger partial charge on any atom is -1.00 e. The number of aliphatic hydroxyl groups is 1. The predicted molar refractivity (Wildman–Crippen MR) is 88.2 cm³/mol. The molecular weight excluding hydrogens is 375 g/mol. The average Bonchev–Trinajstić information content (AvgIpc) is 3.00. The number of hydrogen-bond donors (Lipinski definition) is 1. The van der Waals surface area contributed by atoms with E-state index in [-0.39, 0.29) is 46.5 Å². The van der Waals surface area contributed by atoms with E-state index in [0.29, 0.717) is 5.92 Å². The first-order valence-electron chi connectivity index (χ1n) is 7.05. The summed E-state index contributed by atoms with van der Waals surface area (Å²) < 4.78 is 0. The van der Waals surface area contributed by atoms with Gasteiger partial charge in [0.25, 0.3) is 0 Å². The van der Waals surface area contributed by atoms with Crippen LogP contribution in [0, 0.1) is 6.07 Å². The fourth-order valence-corrected chi connectivity index (χ4v) is 2.83. The van der Waals surface area contributed by atoms with Crippen LogP contribution < -0.4 is 24.8 Å². The summed E-state index contributed by atoms with van der Waals surface area (Å²) >= 11 is 0. The third-order valence-electron chi connectivity index (χ3n) is 3.82. The Morgan fingerprint density at radius 3 is 2.29 bits per heavy atom. The van der Waals surface area contributed by atoms with Crippen molar-refractivity contribution in [1.29, 1.82) is 0 Å². The molecule has 0 bridgehead atoms. The summed E-state index contributed by atoms with van der Waals surface area (Å²) in [5, 5.41) is 9.44.